The number of aryl methyl sites for hydroxylation is 1. The van der Waals surface area contributed by atoms with Crippen LogP contribution in [0.4, 0.5) is 0 Å². The minimum absolute atomic E-state index is 0.174. The van der Waals surface area contributed by atoms with Crippen molar-refractivity contribution in [2.24, 2.45) is 35.3 Å². The van der Waals surface area contributed by atoms with E-state index < -0.39 is 0 Å². The van der Waals surface area contributed by atoms with Crippen molar-refractivity contribution >= 4 is 0 Å². The third-order valence-electron chi connectivity index (χ3n) is 5.95. The van der Waals surface area contributed by atoms with Gasteiger partial charge in [-0.25, -0.2) is 0 Å². The second-order valence-corrected chi connectivity index (χ2v) is 6.84. The first-order valence-corrected chi connectivity index (χ1v) is 7.61. The molecule has 0 heterocycles. The molecule has 2 heteroatoms. The molecule has 2 nitrogen and oxygen atoms in total. The SMILES string of the molecule is COc1ccc(C)cc1C(N)C1C2C3CCC(C3)C21. The van der Waals surface area contributed by atoms with E-state index in [1.54, 1.807) is 7.11 Å². The van der Waals surface area contributed by atoms with E-state index >= 15 is 0 Å². The van der Waals surface area contributed by atoms with Crippen LogP contribution in [0.3, 0.4) is 0 Å². The smallest absolute Gasteiger partial charge is 0.123 e. The quantitative estimate of drug-likeness (QED) is 0.901. The van der Waals surface area contributed by atoms with Crippen LogP contribution in [0.2, 0.25) is 0 Å². The minimum atomic E-state index is 0.174. The lowest BCUT2D eigenvalue weighted by molar-refractivity contribution is 0.383. The maximum absolute atomic E-state index is 6.61. The maximum Gasteiger partial charge on any atom is 0.123 e. The second-order valence-electron chi connectivity index (χ2n) is 6.84. The summed E-state index contributed by atoms with van der Waals surface area (Å²) < 4.78 is 5.51. The van der Waals surface area contributed by atoms with Gasteiger partial charge in [-0.15, -0.1) is 0 Å². The van der Waals surface area contributed by atoms with Crippen molar-refractivity contribution in [3.05, 3.63) is 29.3 Å². The molecule has 102 valence electrons. The molecule has 0 radical (unpaired) electrons. The molecule has 0 aromatic heterocycles. The molecular weight excluding hydrogens is 234 g/mol. The Kier molecular flexibility index (Phi) is 2.47. The van der Waals surface area contributed by atoms with Gasteiger partial charge < -0.3 is 10.5 Å². The molecule has 19 heavy (non-hydrogen) atoms. The molecule has 5 atom stereocenters. The minimum Gasteiger partial charge on any atom is -0.496 e. The van der Waals surface area contributed by atoms with Gasteiger partial charge in [-0.1, -0.05) is 17.7 Å². The Bertz CT molecular complexity index is 496. The second kappa shape index (κ2) is 3.99. The van der Waals surface area contributed by atoms with E-state index in [9.17, 15) is 0 Å². The molecule has 2 bridgehead atoms. The highest BCUT2D eigenvalue weighted by Gasteiger charge is 2.66. The summed E-state index contributed by atoms with van der Waals surface area (Å²) in [5, 5.41) is 0. The fourth-order valence-electron chi connectivity index (χ4n) is 5.19. The van der Waals surface area contributed by atoms with Crippen molar-refractivity contribution in [2.45, 2.75) is 32.2 Å². The highest BCUT2D eigenvalue weighted by Crippen LogP contribution is 2.72. The van der Waals surface area contributed by atoms with Crippen LogP contribution < -0.4 is 10.5 Å². The van der Waals surface area contributed by atoms with E-state index in [2.05, 4.69) is 25.1 Å². The van der Waals surface area contributed by atoms with Crippen LogP contribution in [0.25, 0.3) is 0 Å². The lowest BCUT2D eigenvalue weighted by atomic mass is 9.92. The van der Waals surface area contributed by atoms with Crippen molar-refractivity contribution < 1.29 is 4.74 Å². The molecule has 0 aliphatic heterocycles. The molecule has 4 rings (SSSR count). The van der Waals surface area contributed by atoms with Gasteiger partial charge in [0.2, 0.25) is 0 Å². The van der Waals surface area contributed by atoms with Crippen molar-refractivity contribution in [1.29, 1.82) is 0 Å². The number of ether oxygens (including phenoxy) is 1. The number of fused-ring (bicyclic) bond motifs is 5. The lowest BCUT2D eigenvalue weighted by Crippen LogP contribution is -2.18. The lowest BCUT2D eigenvalue weighted by Gasteiger charge is -2.19. The van der Waals surface area contributed by atoms with Gasteiger partial charge in [0.05, 0.1) is 7.11 Å². The first-order valence-electron chi connectivity index (χ1n) is 7.61. The predicted octanol–water partition coefficient (Wildman–Crippen LogP) is 3.30. The summed E-state index contributed by atoms with van der Waals surface area (Å²) in [6.45, 7) is 2.13. The third-order valence-corrected chi connectivity index (χ3v) is 5.95. The Morgan fingerprint density at radius 3 is 2.53 bits per heavy atom. The normalized spacial score (nSPS) is 40.1. The molecule has 3 fully saturated rings. The van der Waals surface area contributed by atoms with Gasteiger partial charge in [0, 0.05) is 11.6 Å². The van der Waals surface area contributed by atoms with Crippen LogP contribution in [0.15, 0.2) is 18.2 Å². The largest absolute Gasteiger partial charge is 0.496 e. The highest BCUT2D eigenvalue weighted by atomic mass is 16.5. The average Bonchev–Trinajstić information content (AvgIpc) is 2.85. The first kappa shape index (κ1) is 11.8. The summed E-state index contributed by atoms with van der Waals surface area (Å²) in [6.07, 6.45) is 4.41. The number of hydrogen-bond acceptors (Lipinski definition) is 2. The molecular formula is C17H23NO. The molecule has 2 N–H and O–H groups in total. The standard InChI is InChI=1S/C17H23NO/c1-9-3-6-13(19-2)12(7-9)17(18)16-14-10-4-5-11(8-10)15(14)16/h3,6-7,10-11,14-17H,4-5,8,18H2,1-2H3. The van der Waals surface area contributed by atoms with E-state index in [0.29, 0.717) is 0 Å². The summed E-state index contributed by atoms with van der Waals surface area (Å²) in [4.78, 5) is 0. The summed E-state index contributed by atoms with van der Waals surface area (Å²) in [7, 11) is 1.75. The molecule has 1 aromatic carbocycles. The summed E-state index contributed by atoms with van der Waals surface area (Å²) in [6, 6.07) is 6.57. The van der Waals surface area contributed by atoms with Crippen LogP contribution in [-0.2, 0) is 0 Å². The number of nitrogens with two attached hydrogens (primary N) is 1. The van der Waals surface area contributed by atoms with Gasteiger partial charge in [0.25, 0.3) is 0 Å². The molecule has 3 aliphatic carbocycles. The van der Waals surface area contributed by atoms with Gasteiger partial charge in [0.1, 0.15) is 5.75 Å². The van der Waals surface area contributed by atoms with Crippen LogP contribution in [-0.4, -0.2) is 7.11 Å². The number of benzene rings is 1. The molecule has 0 amide bonds. The zero-order valence-electron chi connectivity index (χ0n) is 11.8. The van der Waals surface area contributed by atoms with E-state index in [1.807, 2.05) is 0 Å². The Hall–Kier alpha value is -1.02. The third kappa shape index (κ3) is 1.59. The molecule has 0 saturated heterocycles. The fourth-order valence-corrected chi connectivity index (χ4v) is 5.19. The van der Waals surface area contributed by atoms with E-state index in [1.165, 1.54) is 30.4 Å². The zero-order chi connectivity index (χ0) is 13.1. The van der Waals surface area contributed by atoms with Gasteiger partial charge in [-0.05, 0) is 61.8 Å². The molecule has 5 unspecified atom stereocenters. The average molecular weight is 257 g/mol. The Morgan fingerprint density at radius 1 is 1.21 bits per heavy atom. The fraction of sp³-hybridized carbons (Fsp3) is 0.647. The maximum atomic E-state index is 6.61. The molecule has 0 spiro atoms. The van der Waals surface area contributed by atoms with E-state index in [0.717, 1.165) is 35.3 Å². The van der Waals surface area contributed by atoms with Crippen molar-refractivity contribution in [1.82, 2.24) is 0 Å². The van der Waals surface area contributed by atoms with Gasteiger partial charge in [-0.3, -0.25) is 0 Å². The van der Waals surface area contributed by atoms with Crippen LogP contribution in [0.5, 0.6) is 5.75 Å². The van der Waals surface area contributed by atoms with Crippen molar-refractivity contribution in [3.8, 4) is 5.75 Å². The molecule has 3 saturated carbocycles. The topological polar surface area (TPSA) is 35.2 Å². The van der Waals surface area contributed by atoms with Crippen molar-refractivity contribution in [3.63, 3.8) is 0 Å². The monoisotopic (exact) mass is 257 g/mol. The number of rotatable bonds is 3. The predicted molar refractivity (Wildman–Crippen MR) is 76.0 cm³/mol. The van der Waals surface area contributed by atoms with E-state index in [-0.39, 0.29) is 6.04 Å². The zero-order valence-corrected chi connectivity index (χ0v) is 11.8. The Labute approximate surface area is 115 Å². The van der Waals surface area contributed by atoms with Gasteiger partial charge in [0.15, 0.2) is 0 Å². The summed E-state index contributed by atoms with van der Waals surface area (Å²) >= 11 is 0. The first-order chi connectivity index (χ1) is 9.20. The molecule has 1 aromatic rings. The van der Waals surface area contributed by atoms with Crippen LogP contribution >= 0.6 is 0 Å². The van der Waals surface area contributed by atoms with Gasteiger partial charge >= 0.3 is 0 Å². The van der Waals surface area contributed by atoms with Crippen LogP contribution in [0.1, 0.15) is 36.4 Å². The van der Waals surface area contributed by atoms with E-state index in [4.69, 9.17) is 10.5 Å². The van der Waals surface area contributed by atoms with Gasteiger partial charge in [-0.2, -0.15) is 0 Å². The Morgan fingerprint density at radius 2 is 1.89 bits per heavy atom. The van der Waals surface area contributed by atoms with Crippen molar-refractivity contribution in [2.75, 3.05) is 7.11 Å². The number of methoxy groups -OCH3 is 1. The summed E-state index contributed by atoms with van der Waals surface area (Å²) in [5.74, 6) is 5.53. The number of hydrogen-bond donors (Lipinski definition) is 1. The summed E-state index contributed by atoms with van der Waals surface area (Å²) in [5.41, 5.74) is 9.11. The molecule has 3 aliphatic rings. The Balaban J connectivity index is 1.62. The van der Waals surface area contributed by atoms with Crippen LogP contribution in [0, 0.1) is 36.5 Å². The highest BCUT2D eigenvalue weighted by molar-refractivity contribution is 5.40.